The zero-order chi connectivity index (χ0) is 13.7. The van der Waals surface area contributed by atoms with Gasteiger partial charge in [-0.1, -0.05) is 0 Å². The van der Waals surface area contributed by atoms with E-state index in [-0.39, 0.29) is 11.6 Å². The number of ether oxygens (including phenoxy) is 3. The molecule has 2 rings (SSSR count). The lowest BCUT2D eigenvalue weighted by atomic mass is 9.95. The van der Waals surface area contributed by atoms with E-state index in [4.69, 9.17) is 14.2 Å². The Hall–Kier alpha value is -1.26. The van der Waals surface area contributed by atoms with Gasteiger partial charge in [0.05, 0.1) is 13.2 Å². The van der Waals surface area contributed by atoms with Gasteiger partial charge in [-0.05, 0) is 44.5 Å². The molecule has 1 N–H and O–H groups in total. The lowest BCUT2D eigenvalue weighted by Crippen LogP contribution is -2.49. The van der Waals surface area contributed by atoms with Crippen LogP contribution in [-0.2, 0) is 4.74 Å². The van der Waals surface area contributed by atoms with Crippen molar-refractivity contribution < 1.29 is 14.2 Å². The Morgan fingerprint density at radius 3 is 2.58 bits per heavy atom. The van der Waals surface area contributed by atoms with E-state index in [1.807, 2.05) is 24.3 Å². The molecule has 2 unspecified atom stereocenters. The summed E-state index contributed by atoms with van der Waals surface area (Å²) in [5.41, 5.74) is 0.0727. The highest BCUT2D eigenvalue weighted by atomic mass is 16.5. The van der Waals surface area contributed by atoms with Crippen molar-refractivity contribution in [2.75, 3.05) is 26.9 Å². The van der Waals surface area contributed by atoms with Crippen LogP contribution in [0, 0.1) is 0 Å². The maximum absolute atomic E-state index is 5.69. The van der Waals surface area contributed by atoms with Crippen LogP contribution in [0.5, 0.6) is 11.5 Å². The molecule has 4 heteroatoms. The monoisotopic (exact) mass is 265 g/mol. The fourth-order valence-electron chi connectivity index (χ4n) is 2.24. The minimum Gasteiger partial charge on any atom is -0.497 e. The van der Waals surface area contributed by atoms with E-state index >= 15 is 0 Å². The molecule has 0 aromatic heterocycles. The molecule has 0 spiro atoms. The second kappa shape index (κ2) is 6.26. The minimum absolute atomic E-state index is 0.0727. The summed E-state index contributed by atoms with van der Waals surface area (Å²) in [4.78, 5) is 0. The zero-order valence-corrected chi connectivity index (χ0v) is 11.9. The van der Waals surface area contributed by atoms with Crippen LogP contribution in [0.1, 0.15) is 20.3 Å². The summed E-state index contributed by atoms with van der Waals surface area (Å²) >= 11 is 0. The lowest BCUT2D eigenvalue weighted by Gasteiger charge is -2.29. The number of benzene rings is 1. The van der Waals surface area contributed by atoms with Gasteiger partial charge in [0, 0.05) is 18.7 Å². The Labute approximate surface area is 115 Å². The molecule has 0 aliphatic carbocycles. The summed E-state index contributed by atoms with van der Waals surface area (Å²) in [5.74, 6) is 1.71. The minimum atomic E-state index is 0.0727. The van der Waals surface area contributed by atoms with Crippen LogP contribution in [-0.4, -0.2) is 38.5 Å². The van der Waals surface area contributed by atoms with Crippen molar-refractivity contribution >= 4 is 0 Å². The summed E-state index contributed by atoms with van der Waals surface area (Å²) in [6.45, 7) is 6.62. The van der Waals surface area contributed by atoms with Crippen LogP contribution in [0.15, 0.2) is 24.3 Å². The molecule has 1 aliphatic rings. The summed E-state index contributed by atoms with van der Waals surface area (Å²) < 4.78 is 16.4. The second-order valence-corrected chi connectivity index (χ2v) is 5.13. The van der Waals surface area contributed by atoms with Crippen molar-refractivity contribution in [3.05, 3.63) is 24.3 Å². The average Bonchev–Trinajstić information content (AvgIpc) is 2.76. The largest absolute Gasteiger partial charge is 0.497 e. The van der Waals surface area contributed by atoms with Crippen molar-refractivity contribution in [3.8, 4) is 11.5 Å². The first-order valence-electron chi connectivity index (χ1n) is 6.77. The molecule has 1 fully saturated rings. The Morgan fingerprint density at radius 2 is 2.00 bits per heavy atom. The van der Waals surface area contributed by atoms with Crippen molar-refractivity contribution in [3.63, 3.8) is 0 Å². The maximum atomic E-state index is 5.69. The van der Waals surface area contributed by atoms with E-state index in [0.717, 1.165) is 31.1 Å². The van der Waals surface area contributed by atoms with E-state index in [9.17, 15) is 0 Å². The molecule has 1 aliphatic heterocycles. The van der Waals surface area contributed by atoms with Crippen molar-refractivity contribution in [2.45, 2.75) is 31.9 Å². The van der Waals surface area contributed by atoms with Gasteiger partial charge in [0.25, 0.3) is 0 Å². The summed E-state index contributed by atoms with van der Waals surface area (Å²) in [5, 5.41) is 3.53. The van der Waals surface area contributed by atoms with Gasteiger partial charge >= 0.3 is 0 Å². The van der Waals surface area contributed by atoms with Crippen LogP contribution in [0.4, 0.5) is 0 Å². The molecule has 1 heterocycles. The van der Waals surface area contributed by atoms with Crippen molar-refractivity contribution in [2.24, 2.45) is 0 Å². The number of hydrogen-bond donors (Lipinski definition) is 1. The molecular formula is C15H23NO3. The molecule has 0 radical (unpaired) electrons. The molecule has 0 bridgehead atoms. The maximum Gasteiger partial charge on any atom is 0.119 e. The van der Waals surface area contributed by atoms with Crippen molar-refractivity contribution in [1.29, 1.82) is 0 Å². The van der Waals surface area contributed by atoms with Gasteiger partial charge in [-0.3, -0.25) is 0 Å². The first kappa shape index (κ1) is 14.2. The normalized spacial score (nSPS) is 26.4. The Bertz CT molecular complexity index is 393. The highest BCUT2D eigenvalue weighted by Gasteiger charge is 2.36. The van der Waals surface area contributed by atoms with Gasteiger partial charge < -0.3 is 19.5 Å². The number of rotatable bonds is 6. The van der Waals surface area contributed by atoms with E-state index in [1.165, 1.54) is 0 Å². The molecule has 19 heavy (non-hydrogen) atoms. The van der Waals surface area contributed by atoms with Crippen LogP contribution < -0.4 is 14.8 Å². The molecule has 2 atom stereocenters. The predicted octanol–water partition coefficient (Wildman–Crippen LogP) is 2.23. The molecule has 1 aromatic rings. The van der Waals surface area contributed by atoms with E-state index in [1.54, 1.807) is 7.11 Å². The van der Waals surface area contributed by atoms with Crippen LogP contribution in [0.2, 0.25) is 0 Å². The van der Waals surface area contributed by atoms with Crippen LogP contribution in [0.25, 0.3) is 0 Å². The van der Waals surface area contributed by atoms with Crippen LogP contribution >= 0.6 is 0 Å². The highest BCUT2D eigenvalue weighted by Crippen LogP contribution is 2.24. The van der Waals surface area contributed by atoms with Gasteiger partial charge in [0.15, 0.2) is 0 Å². The number of nitrogens with one attached hydrogen (secondary N) is 1. The number of hydrogen-bond acceptors (Lipinski definition) is 4. The fraction of sp³-hybridized carbons (Fsp3) is 0.600. The van der Waals surface area contributed by atoms with Gasteiger partial charge in [-0.2, -0.15) is 0 Å². The van der Waals surface area contributed by atoms with Crippen LogP contribution in [0.3, 0.4) is 0 Å². The first-order chi connectivity index (χ1) is 9.14. The van der Waals surface area contributed by atoms with E-state index < -0.39 is 0 Å². The molecule has 0 saturated carbocycles. The molecule has 0 amide bonds. The Kier molecular flexibility index (Phi) is 4.66. The van der Waals surface area contributed by atoms with E-state index in [0.29, 0.717) is 6.61 Å². The average molecular weight is 265 g/mol. The summed E-state index contributed by atoms with van der Waals surface area (Å²) in [6, 6.07) is 7.64. The van der Waals surface area contributed by atoms with Gasteiger partial charge in [-0.15, -0.1) is 0 Å². The molecule has 1 saturated heterocycles. The highest BCUT2D eigenvalue weighted by molar-refractivity contribution is 5.31. The predicted molar refractivity (Wildman–Crippen MR) is 74.9 cm³/mol. The Morgan fingerprint density at radius 1 is 1.32 bits per heavy atom. The third-order valence-electron chi connectivity index (χ3n) is 3.85. The lowest BCUT2D eigenvalue weighted by molar-refractivity contribution is 0.0872. The molecule has 1 aromatic carbocycles. The zero-order valence-electron chi connectivity index (χ0n) is 11.9. The Balaban J connectivity index is 1.71. The smallest absolute Gasteiger partial charge is 0.119 e. The van der Waals surface area contributed by atoms with Gasteiger partial charge in [0.2, 0.25) is 0 Å². The second-order valence-electron chi connectivity index (χ2n) is 5.13. The standard InChI is InChI=1S/C15H23NO3/c1-12-15(2,8-10-18-12)16-9-11-19-14-6-4-13(17-3)5-7-14/h4-7,12,16H,8-11H2,1-3H3. The quantitative estimate of drug-likeness (QED) is 0.801. The fourth-order valence-corrected chi connectivity index (χ4v) is 2.24. The van der Waals surface area contributed by atoms with Crippen molar-refractivity contribution in [1.82, 2.24) is 5.32 Å². The molecule has 106 valence electrons. The summed E-state index contributed by atoms with van der Waals surface area (Å²) in [6.07, 6.45) is 1.31. The van der Waals surface area contributed by atoms with E-state index in [2.05, 4.69) is 19.2 Å². The topological polar surface area (TPSA) is 39.7 Å². The third kappa shape index (κ3) is 3.61. The first-order valence-corrected chi connectivity index (χ1v) is 6.77. The molecule has 4 nitrogen and oxygen atoms in total. The van der Waals surface area contributed by atoms with Gasteiger partial charge in [0.1, 0.15) is 18.1 Å². The third-order valence-corrected chi connectivity index (χ3v) is 3.85. The number of methoxy groups -OCH3 is 1. The molecular weight excluding hydrogens is 242 g/mol. The summed E-state index contributed by atoms with van der Waals surface area (Å²) in [7, 11) is 1.66. The van der Waals surface area contributed by atoms with Gasteiger partial charge in [-0.25, -0.2) is 0 Å². The SMILES string of the molecule is COc1ccc(OCCNC2(C)CCOC2C)cc1.